The molecule has 4 heteroatoms. The first kappa shape index (κ1) is 13.3. The van der Waals surface area contributed by atoms with E-state index < -0.39 is 0 Å². The molecule has 96 valence electrons. The van der Waals surface area contributed by atoms with Gasteiger partial charge in [0.05, 0.1) is 6.54 Å². The summed E-state index contributed by atoms with van der Waals surface area (Å²) in [6.45, 7) is 3.80. The predicted molar refractivity (Wildman–Crippen MR) is 73.8 cm³/mol. The number of hydrogen-bond donors (Lipinski definition) is 1. The largest absolute Gasteiger partial charge is 0.460 e. The Bertz CT molecular complexity index is 524. The second-order valence-electron chi connectivity index (χ2n) is 4.07. The third-order valence-corrected chi connectivity index (χ3v) is 3.24. The minimum atomic E-state index is -0.262. The van der Waals surface area contributed by atoms with Crippen molar-refractivity contribution in [3.63, 3.8) is 0 Å². The summed E-state index contributed by atoms with van der Waals surface area (Å²) in [5, 5.41) is 3.27. The smallest absolute Gasteiger partial charge is 0.135 e. The van der Waals surface area contributed by atoms with Gasteiger partial charge < -0.3 is 9.73 Å². The van der Waals surface area contributed by atoms with Gasteiger partial charge in [0.15, 0.2) is 0 Å². The van der Waals surface area contributed by atoms with Crippen molar-refractivity contribution in [2.45, 2.75) is 19.9 Å². The molecule has 0 saturated heterocycles. The summed E-state index contributed by atoms with van der Waals surface area (Å²) in [5.74, 6) is 1.37. The second kappa shape index (κ2) is 6.16. The first-order valence-corrected chi connectivity index (χ1v) is 6.75. The van der Waals surface area contributed by atoms with Crippen molar-refractivity contribution in [2.24, 2.45) is 0 Å². The summed E-state index contributed by atoms with van der Waals surface area (Å²) < 4.78 is 19.4. The van der Waals surface area contributed by atoms with Crippen molar-refractivity contribution >= 4 is 15.9 Å². The molecule has 1 heterocycles. The van der Waals surface area contributed by atoms with Crippen LogP contribution >= 0.6 is 15.9 Å². The molecule has 0 aliphatic rings. The number of nitrogens with one attached hydrogen (secondary N) is 1. The molecule has 2 aromatic rings. The van der Waals surface area contributed by atoms with E-state index in [1.165, 1.54) is 12.1 Å². The average molecular weight is 312 g/mol. The van der Waals surface area contributed by atoms with Crippen LogP contribution < -0.4 is 5.32 Å². The fourth-order valence-electron chi connectivity index (χ4n) is 1.70. The highest BCUT2D eigenvalue weighted by Gasteiger charge is 2.08. The maximum absolute atomic E-state index is 13.0. The van der Waals surface area contributed by atoms with Gasteiger partial charge in [-0.15, -0.1) is 0 Å². The fraction of sp³-hybridized carbons (Fsp3) is 0.286. The topological polar surface area (TPSA) is 25.2 Å². The van der Waals surface area contributed by atoms with Crippen molar-refractivity contribution in [3.8, 4) is 11.3 Å². The zero-order valence-corrected chi connectivity index (χ0v) is 11.8. The van der Waals surface area contributed by atoms with Crippen LogP contribution in [0.15, 0.2) is 39.2 Å². The van der Waals surface area contributed by atoms with Crippen LogP contribution in [0.5, 0.6) is 0 Å². The predicted octanol–water partition coefficient (Wildman–Crippen LogP) is 4.35. The Morgan fingerprint density at radius 3 is 2.83 bits per heavy atom. The fourth-order valence-corrected chi connectivity index (χ4v) is 2.24. The normalized spacial score (nSPS) is 10.8. The minimum Gasteiger partial charge on any atom is -0.460 e. The molecule has 2 rings (SSSR count). The average Bonchev–Trinajstić information content (AvgIpc) is 2.78. The van der Waals surface area contributed by atoms with E-state index in [1.54, 1.807) is 6.07 Å². The van der Waals surface area contributed by atoms with Gasteiger partial charge >= 0.3 is 0 Å². The van der Waals surface area contributed by atoms with Crippen LogP contribution in [0, 0.1) is 5.82 Å². The lowest BCUT2D eigenvalue weighted by Gasteiger charge is -2.02. The van der Waals surface area contributed by atoms with Gasteiger partial charge in [-0.05, 0) is 59.2 Å². The maximum Gasteiger partial charge on any atom is 0.135 e. The Morgan fingerprint density at radius 1 is 1.28 bits per heavy atom. The lowest BCUT2D eigenvalue weighted by molar-refractivity contribution is 0.493. The zero-order chi connectivity index (χ0) is 13.0. The van der Waals surface area contributed by atoms with E-state index in [0.29, 0.717) is 11.0 Å². The molecule has 0 saturated carbocycles. The van der Waals surface area contributed by atoms with E-state index in [-0.39, 0.29) is 5.82 Å². The van der Waals surface area contributed by atoms with Crippen molar-refractivity contribution in [2.75, 3.05) is 6.54 Å². The Hall–Kier alpha value is -1.13. The molecule has 0 amide bonds. The van der Waals surface area contributed by atoms with Crippen LogP contribution in [0.1, 0.15) is 19.1 Å². The zero-order valence-electron chi connectivity index (χ0n) is 10.2. The second-order valence-corrected chi connectivity index (χ2v) is 4.92. The van der Waals surface area contributed by atoms with Gasteiger partial charge in [0.25, 0.3) is 0 Å². The van der Waals surface area contributed by atoms with E-state index in [0.717, 1.165) is 30.0 Å². The van der Waals surface area contributed by atoms with Crippen molar-refractivity contribution < 1.29 is 8.81 Å². The molecule has 0 aliphatic carbocycles. The lowest BCUT2D eigenvalue weighted by Crippen LogP contribution is -2.12. The van der Waals surface area contributed by atoms with Gasteiger partial charge in [0.1, 0.15) is 17.3 Å². The number of benzene rings is 1. The molecule has 0 spiro atoms. The molecule has 0 unspecified atom stereocenters. The van der Waals surface area contributed by atoms with Gasteiger partial charge in [-0.25, -0.2) is 4.39 Å². The van der Waals surface area contributed by atoms with Crippen LogP contribution in [-0.4, -0.2) is 6.54 Å². The Kier molecular flexibility index (Phi) is 4.55. The number of furan rings is 1. The van der Waals surface area contributed by atoms with Gasteiger partial charge in [-0.3, -0.25) is 0 Å². The lowest BCUT2D eigenvalue weighted by atomic mass is 10.2. The molecule has 18 heavy (non-hydrogen) atoms. The summed E-state index contributed by atoms with van der Waals surface area (Å²) in [6, 6.07) is 8.42. The quantitative estimate of drug-likeness (QED) is 0.831. The molecule has 0 atom stereocenters. The highest BCUT2D eigenvalue weighted by molar-refractivity contribution is 9.10. The van der Waals surface area contributed by atoms with E-state index in [4.69, 9.17) is 4.42 Å². The number of rotatable bonds is 5. The highest BCUT2D eigenvalue weighted by Crippen LogP contribution is 2.30. The monoisotopic (exact) mass is 311 g/mol. The van der Waals surface area contributed by atoms with Crippen LogP contribution in [0.2, 0.25) is 0 Å². The molecule has 1 N–H and O–H groups in total. The summed E-state index contributed by atoms with van der Waals surface area (Å²) in [7, 11) is 0. The van der Waals surface area contributed by atoms with Gasteiger partial charge in [-0.1, -0.05) is 6.92 Å². The molecule has 1 aromatic carbocycles. The summed E-state index contributed by atoms with van der Waals surface area (Å²) in [4.78, 5) is 0. The van der Waals surface area contributed by atoms with E-state index >= 15 is 0 Å². The number of hydrogen-bond acceptors (Lipinski definition) is 2. The Morgan fingerprint density at radius 2 is 2.11 bits per heavy atom. The Labute approximate surface area is 114 Å². The molecule has 0 fully saturated rings. The van der Waals surface area contributed by atoms with E-state index in [1.807, 2.05) is 12.1 Å². The first-order valence-electron chi connectivity index (χ1n) is 5.95. The Balaban J connectivity index is 2.13. The summed E-state index contributed by atoms with van der Waals surface area (Å²) in [6.07, 6.45) is 1.09. The number of halogens is 2. The SMILES string of the molecule is CCCNCc1ccc(-c2ccc(F)cc2Br)o1. The van der Waals surface area contributed by atoms with E-state index in [2.05, 4.69) is 28.2 Å². The minimum absolute atomic E-state index is 0.262. The van der Waals surface area contributed by atoms with E-state index in [9.17, 15) is 4.39 Å². The maximum atomic E-state index is 13.0. The molecular weight excluding hydrogens is 297 g/mol. The third-order valence-electron chi connectivity index (χ3n) is 2.58. The van der Waals surface area contributed by atoms with Crippen LogP contribution in [0.4, 0.5) is 4.39 Å². The molecular formula is C14H15BrFNO. The van der Waals surface area contributed by atoms with Crippen molar-refractivity contribution in [3.05, 3.63) is 46.4 Å². The summed E-state index contributed by atoms with van der Waals surface area (Å²) >= 11 is 3.34. The molecule has 1 aromatic heterocycles. The van der Waals surface area contributed by atoms with Crippen LogP contribution in [0.25, 0.3) is 11.3 Å². The molecule has 0 bridgehead atoms. The molecule has 2 nitrogen and oxygen atoms in total. The van der Waals surface area contributed by atoms with Gasteiger partial charge in [0.2, 0.25) is 0 Å². The first-order chi connectivity index (χ1) is 8.70. The standard InChI is InChI=1S/C14H15BrFNO/c1-2-7-17-9-11-4-6-14(18-11)12-5-3-10(16)8-13(12)15/h3-6,8,17H,2,7,9H2,1H3. The molecule has 0 aliphatic heterocycles. The van der Waals surface area contributed by atoms with Crippen molar-refractivity contribution in [1.82, 2.24) is 5.32 Å². The van der Waals surface area contributed by atoms with Crippen LogP contribution in [-0.2, 0) is 6.54 Å². The van der Waals surface area contributed by atoms with Gasteiger partial charge in [-0.2, -0.15) is 0 Å². The van der Waals surface area contributed by atoms with Gasteiger partial charge in [0, 0.05) is 10.0 Å². The van der Waals surface area contributed by atoms with Crippen molar-refractivity contribution in [1.29, 1.82) is 0 Å². The highest BCUT2D eigenvalue weighted by atomic mass is 79.9. The molecule has 0 radical (unpaired) electrons. The van der Waals surface area contributed by atoms with Crippen LogP contribution in [0.3, 0.4) is 0 Å². The summed E-state index contributed by atoms with van der Waals surface area (Å²) in [5.41, 5.74) is 0.859. The third kappa shape index (κ3) is 3.21.